The number of allylic oxidation sites excluding steroid dienone is 1. The number of fused-ring (bicyclic) bond motifs is 1. The fourth-order valence-corrected chi connectivity index (χ4v) is 2.19. The number of nitrogens with zero attached hydrogens (tertiary/aromatic N) is 1. The van der Waals surface area contributed by atoms with E-state index in [4.69, 9.17) is 9.47 Å². The van der Waals surface area contributed by atoms with E-state index < -0.39 is 0 Å². The molecule has 0 saturated carbocycles. The van der Waals surface area contributed by atoms with Gasteiger partial charge in [0.25, 0.3) is 0 Å². The van der Waals surface area contributed by atoms with Crippen LogP contribution in [0.15, 0.2) is 42.1 Å². The highest BCUT2D eigenvalue weighted by Gasteiger charge is 2.08. The van der Waals surface area contributed by atoms with Crippen LogP contribution in [-0.2, 0) is 16.1 Å². The summed E-state index contributed by atoms with van der Waals surface area (Å²) < 4.78 is 12.6. The van der Waals surface area contributed by atoms with E-state index in [-0.39, 0.29) is 12.1 Å². The molecule has 0 radical (unpaired) electrons. The van der Waals surface area contributed by atoms with Gasteiger partial charge in [-0.15, -0.1) is 0 Å². The summed E-state index contributed by atoms with van der Waals surface area (Å²) in [5.74, 6) is 0.588. The molecule has 0 aliphatic heterocycles. The van der Waals surface area contributed by atoms with Gasteiger partial charge in [0.15, 0.2) is 0 Å². The van der Waals surface area contributed by atoms with Gasteiger partial charge in [0.2, 0.25) is 0 Å². The van der Waals surface area contributed by atoms with Crippen molar-refractivity contribution in [2.24, 2.45) is 0 Å². The summed E-state index contributed by atoms with van der Waals surface area (Å²) in [6, 6.07) is 8.04. The van der Waals surface area contributed by atoms with Crippen molar-refractivity contribution in [2.75, 3.05) is 7.11 Å². The van der Waals surface area contributed by atoms with E-state index in [0.29, 0.717) is 12.1 Å². The maximum Gasteiger partial charge on any atom is 0.333 e. The maximum absolute atomic E-state index is 11.4. The largest absolute Gasteiger partial charge is 0.490 e. The molecular formula is C17H21NO3. The van der Waals surface area contributed by atoms with Crippen LogP contribution in [0, 0.1) is 0 Å². The number of carbonyl (C=O) groups is 1. The highest BCUT2D eigenvalue weighted by molar-refractivity contribution is 5.88. The minimum Gasteiger partial charge on any atom is -0.490 e. The summed E-state index contributed by atoms with van der Waals surface area (Å²) in [5.41, 5.74) is 1.69. The van der Waals surface area contributed by atoms with E-state index in [1.165, 1.54) is 7.11 Å². The predicted octanol–water partition coefficient (Wildman–Crippen LogP) is 3.55. The molecule has 1 aromatic carbocycles. The van der Waals surface area contributed by atoms with Crippen LogP contribution in [0.5, 0.6) is 5.75 Å². The van der Waals surface area contributed by atoms with Gasteiger partial charge in [0.1, 0.15) is 5.75 Å². The van der Waals surface area contributed by atoms with E-state index >= 15 is 0 Å². The van der Waals surface area contributed by atoms with E-state index in [1.54, 1.807) is 6.92 Å². The maximum atomic E-state index is 11.4. The molecule has 4 heteroatoms. The van der Waals surface area contributed by atoms with Crippen LogP contribution in [0.1, 0.15) is 20.8 Å². The molecular weight excluding hydrogens is 266 g/mol. The van der Waals surface area contributed by atoms with Crippen molar-refractivity contribution in [3.05, 3.63) is 42.1 Å². The monoisotopic (exact) mass is 287 g/mol. The average Bonchev–Trinajstić information content (AvgIpc) is 2.87. The van der Waals surface area contributed by atoms with Gasteiger partial charge in [-0.05, 0) is 39.0 Å². The van der Waals surface area contributed by atoms with Crippen LogP contribution in [0.2, 0.25) is 0 Å². The van der Waals surface area contributed by atoms with Crippen LogP contribution in [0.4, 0.5) is 0 Å². The summed E-state index contributed by atoms with van der Waals surface area (Å²) in [6.07, 6.45) is 4.00. The summed E-state index contributed by atoms with van der Waals surface area (Å²) in [6.45, 7) is 6.40. The van der Waals surface area contributed by atoms with Crippen LogP contribution in [-0.4, -0.2) is 23.8 Å². The number of hydrogen-bond acceptors (Lipinski definition) is 3. The third-order valence-corrected chi connectivity index (χ3v) is 3.24. The molecule has 2 rings (SSSR count). The third kappa shape index (κ3) is 3.45. The Balaban J connectivity index is 2.28. The first-order chi connectivity index (χ1) is 10.0. The average molecular weight is 287 g/mol. The lowest BCUT2D eigenvalue weighted by Crippen LogP contribution is -2.05. The molecule has 0 spiro atoms. The molecule has 0 aliphatic rings. The second kappa shape index (κ2) is 6.48. The van der Waals surface area contributed by atoms with Crippen molar-refractivity contribution in [2.45, 2.75) is 33.4 Å². The van der Waals surface area contributed by atoms with Crippen molar-refractivity contribution in [1.29, 1.82) is 0 Å². The molecule has 0 saturated heterocycles. The van der Waals surface area contributed by atoms with Gasteiger partial charge in [0.05, 0.1) is 18.7 Å². The summed E-state index contributed by atoms with van der Waals surface area (Å²) in [5, 5.41) is 1.08. The Labute approximate surface area is 125 Å². The number of benzene rings is 1. The Morgan fingerprint density at radius 1 is 1.33 bits per heavy atom. The van der Waals surface area contributed by atoms with Crippen molar-refractivity contribution in [3.63, 3.8) is 0 Å². The number of hydrogen-bond donors (Lipinski definition) is 0. The first kappa shape index (κ1) is 15.2. The van der Waals surface area contributed by atoms with Gasteiger partial charge in [-0.1, -0.05) is 12.1 Å². The minimum absolute atomic E-state index is 0.139. The topological polar surface area (TPSA) is 40.5 Å². The van der Waals surface area contributed by atoms with Crippen molar-refractivity contribution < 1.29 is 14.3 Å². The molecule has 0 N–H and O–H groups in total. The van der Waals surface area contributed by atoms with Crippen LogP contribution in [0.3, 0.4) is 0 Å². The number of carbonyl (C=O) groups excluding carboxylic acids is 1. The molecule has 112 valence electrons. The Morgan fingerprint density at radius 3 is 2.76 bits per heavy atom. The minimum atomic E-state index is -0.296. The fourth-order valence-electron chi connectivity index (χ4n) is 2.19. The van der Waals surface area contributed by atoms with Crippen molar-refractivity contribution in [3.8, 4) is 5.75 Å². The van der Waals surface area contributed by atoms with Gasteiger partial charge in [-0.2, -0.15) is 0 Å². The number of methoxy groups -OCH3 is 1. The Bertz CT molecular complexity index is 668. The molecule has 21 heavy (non-hydrogen) atoms. The lowest BCUT2D eigenvalue weighted by atomic mass is 10.2. The number of ether oxygens (including phenoxy) is 2. The molecule has 0 fully saturated rings. The van der Waals surface area contributed by atoms with Crippen molar-refractivity contribution >= 4 is 16.9 Å². The summed E-state index contributed by atoms with van der Waals surface area (Å²) in [4.78, 5) is 11.4. The standard InChI is InChI=1S/C17H21NO3/c1-12(2)21-16-7-5-6-15-14(16)9-11-18(15)10-8-13(3)17(19)20-4/h5-9,11-12H,10H2,1-4H3/b13-8+. The van der Waals surface area contributed by atoms with Crippen molar-refractivity contribution in [1.82, 2.24) is 4.57 Å². The number of rotatable bonds is 5. The van der Waals surface area contributed by atoms with E-state index in [2.05, 4.69) is 4.57 Å². The highest BCUT2D eigenvalue weighted by atomic mass is 16.5. The Hall–Kier alpha value is -2.23. The molecule has 0 bridgehead atoms. The highest BCUT2D eigenvalue weighted by Crippen LogP contribution is 2.27. The molecule has 0 amide bonds. The first-order valence-corrected chi connectivity index (χ1v) is 7.02. The Kier molecular flexibility index (Phi) is 4.68. The van der Waals surface area contributed by atoms with Crippen LogP contribution >= 0.6 is 0 Å². The van der Waals surface area contributed by atoms with E-state index in [0.717, 1.165) is 16.7 Å². The summed E-state index contributed by atoms with van der Waals surface area (Å²) >= 11 is 0. The summed E-state index contributed by atoms with van der Waals surface area (Å²) in [7, 11) is 1.39. The Morgan fingerprint density at radius 2 is 2.10 bits per heavy atom. The third-order valence-electron chi connectivity index (χ3n) is 3.24. The quantitative estimate of drug-likeness (QED) is 0.623. The molecule has 4 nitrogen and oxygen atoms in total. The lowest BCUT2D eigenvalue weighted by Gasteiger charge is -2.11. The SMILES string of the molecule is COC(=O)/C(C)=C/Cn1ccc2c(OC(C)C)cccc21. The molecule has 2 aromatic rings. The first-order valence-electron chi connectivity index (χ1n) is 7.02. The molecule has 1 heterocycles. The van der Waals surface area contributed by atoms with E-state index in [1.807, 2.05) is 50.4 Å². The van der Waals surface area contributed by atoms with Gasteiger partial charge < -0.3 is 14.0 Å². The smallest absolute Gasteiger partial charge is 0.333 e. The van der Waals surface area contributed by atoms with Gasteiger partial charge in [-0.3, -0.25) is 0 Å². The normalized spacial score (nSPS) is 12.0. The van der Waals surface area contributed by atoms with Crippen LogP contribution in [0.25, 0.3) is 10.9 Å². The molecule has 1 aromatic heterocycles. The zero-order valence-electron chi connectivity index (χ0n) is 12.9. The lowest BCUT2D eigenvalue weighted by molar-refractivity contribution is -0.136. The fraction of sp³-hybridized carbons (Fsp3) is 0.353. The number of esters is 1. The van der Waals surface area contributed by atoms with Crippen LogP contribution < -0.4 is 4.74 Å². The predicted molar refractivity (Wildman–Crippen MR) is 83.5 cm³/mol. The van der Waals surface area contributed by atoms with E-state index in [9.17, 15) is 4.79 Å². The molecule has 0 aliphatic carbocycles. The van der Waals surface area contributed by atoms with Gasteiger partial charge >= 0.3 is 5.97 Å². The molecule has 0 unspecified atom stereocenters. The molecule has 0 atom stereocenters. The van der Waals surface area contributed by atoms with Gasteiger partial charge in [-0.25, -0.2) is 4.79 Å². The zero-order chi connectivity index (χ0) is 15.4. The zero-order valence-corrected chi connectivity index (χ0v) is 12.9. The number of aromatic nitrogens is 1. The second-order valence-corrected chi connectivity index (χ2v) is 5.20. The second-order valence-electron chi connectivity index (χ2n) is 5.20. The van der Waals surface area contributed by atoms with Gasteiger partial charge in [0, 0.05) is 23.7 Å².